The van der Waals surface area contributed by atoms with Crippen molar-refractivity contribution in [2.75, 3.05) is 17.7 Å². The number of hydrogen-bond donors (Lipinski definition) is 2. The molecule has 2 N–H and O–H groups in total. The Morgan fingerprint density at radius 2 is 1.67 bits per heavy atom. The topological polar surface area (TPSA) is 63.2 Å². The Morgan fingerprint density at radius 3 is 2.41 bits per heavy atom. The average Bonchev–Trinajstić information content (AvgIpc) is 2.64. The van der Waals surface area contributed by atoms with Crippen LogP contribution in [0, 0.1) is 20.8 Å². The number of methoxy groups -OCH3 is 1. The molecule has 0 fully saturated rings. The van der Waals surface area contributed by atoms with E-state index in [9.17, 15) is 4.79 Å². The fourth-order valence-corrected chi connectivity index (χ4v) is 2.86. The molecule has 1 heterocycles. The van der Waals surface area contributed by atoms with Gasteiger partial charge in [-0.25, -0.2) is 0 Å². The highest BCUT2D eigenvalue weighted by molar-refractivity contribution is 6.05. The second-order valence-corrected chi connectivity index (χ2v) is 6.56. The van der Waals surface area contributed by atoms with E-state index in [2.05, 4.69) is 28.6 Å². The molecule has 2 aromatic carbocycles. The molecule has 0 aliphatic carbocycles. The Morgan fingerprint density at radius 1 is 0.926 bits per heavy atom. The lowest BCUT2D eigenvalue weighted by molar-refractivity contribution is 0.102. The van der Waals surface area contributed by atoms with Gasteiger partial charge < -0.3 is 15.4 Å². The predicted molar refractivity (Wildman–Crippen MR) is 109 cm³/mol. The molecule has 0 spiro atoms. The number of ether oxygens (including phenoxy) is 1. The molecule has 1 aromatic heterocycles. The van der Waals surface area contributed by atoms with Gasteiger partial charge in [0.25, 0.3) is 5.91 Å². The van der Waals surface area contributed by atoms with E-state index in [1.165, 1.54) is 5.56 Å². The van der Waals surface area contributed by atoms with Gasteiger partial charge in [0.1, 0.15) is 5.75 Å². The molecular formula is C22H23N3O2. The van der Waals surface area contributed by atoms with Crippen molar-refractivity contribution in [1.82, 2.24) is 4.98 Å². The predicted octanol–water partition coefficient (Wildman–Crippen LogP) is 5.01. The van der Waals surface area contributed by atoms with E-state index in [1.807, 2.05) is 44.2 Å². The van der Waals surface area contributed by atoms with Crippen LogP contribution in [-0.2, 0) is 0 Å². The van der Waals surface area contributed by atoms with Crippen molar-refractivity contribution in [1.29, 1.82) is 0 Å². The number of aryl methyl sites for hydroxylation is 3. The van der Waals surface area contributed by atoms with Crippen molar-refractivity contribution >= 4 is 23.0 Å². The molecule has 5 heteroatoms. The molecule has 0 aliphatic rings. The van der Waals surface area contributed by atoms with Crippen LogP contribution in [0.15, 0.2) is 54.9 Å². The van der Waals surface area contributed by atoms with Crippen LogP contribution in [0.5, 0.6) is 5.75 Å². The summed E-state index contributed by atoms with van der Waals surface area (Å²) in [4.78, 5) is 16.9. The largest absolute Gasteiger partial charge is 0.495 e. The van der Waals surface area contributed by atoms with Gasteiger partial charge in [0.05, 0.1) is 30.2 Å². The molecule has 1 amide bonds. The first-order valence-corrected chi connectivity index (χ1v) is 8.71. The monoisotopic (exact) mass is 361 g/mol. The van der Waals surface area contributed by atoms with Crippen LogP contribution in [0.1, 0.15) is 27.0 Å². The van der Waals surface area contributed by atoms with Crippen molar-refractivity contribution in [3.63, 3.8) is 0 Å². The first-order chi connectivity index (χ1) is 13.0. The van der Waals surface area contributed by atoms with E-state index in [4.69, 9.17) is 4.74 Å². The van der Waals surface area contributed by atoms with E-state index in [0.29, 0.717) is 17.0 Å². The van der Waals surface area contributed by atoms with E-state index in [0.717, 1.165) is 22.5 Å². The Hall–Kier alpha value is -3.34. The van der Waals surface area contributed by atoms with Crippen molar-refractivity contribution in [2.24, 2.45) is 0 Å². The zero-order valence-electron chi connectivity index (χ0n) is 16.0. The summed E-state index contributed by atoms with van der Waals surface area (Å²) in [6, 6.07) is 13.6. The normalized spacial score (nSPS) is 10.4. The van der Waals surface area contributed by atoms with Crippen LogP contribution >= 0.6 is 0 Å². The number of benzene rings is 2. The average molecular weight is 361 g/mol. The molecule has 3 aromatic rings. The molecule has 0 unspecified atom stereocenters. The molecule has 0 radical (unpaired) electrons. The molecule has 0 saturated carbocycles. The number of hydrogen-bond acceptors (Lipinski definition) is 4. The zero-order valence-corrected chi connectivity index (χ0v) is 16.0. The second-order valence-electron chi connectivity index (χ2n) is 6.56. The lowest BCUT2D eigenvalue weighted by Gasteiger charge is -2.13. The van der Waals surface area contributed by atoms with Crippen molar-refractivity contribution in [3.8, 4) is 5.75 Å². The Bertz CT molecular complexity index is 983. The molecule has 0 saturated heterocycles. The molecule has 5 nitrogen and oxygen atoms in total. The third-order valence-corrected chi connectivity index (χ3v) is 4.26. The lowest BCUT2D eigenvalue weighted by Crippen LogP contribution is -2.13. The maximum atomic E-state index is 12.7. The summed E-state index contributed by atoms with van der Waals surface area (Å²) < 4.78 is 5.32. The number of carbonyl (C=O) groups is 1. The Kier molecular flexibility index (Phi) is 5.41. The summed E-state index contributed by atoms with van der Waals surface area (Å²) in [6.45, 7) is 6.07. The number of nitrogens with one attached hydrogen (secondary N) is 2. The third kappa shape index (κ3) is 4.44. The van der Waals surface area contributed by atoms with Gasteiger partial charge in [0, 0.05) is 11.9 Å². The Labute approximate surface area is 159 Å². The summed E-state index contributed by atoms with van der Waals surface area (Å²) in [5.41, 5.74) is 6.22. The molecule has 0 atom stereocenters. The quantitative estimate of drug-likeness (QED) is 0.670. The zero-order chi connectivity index (χ0) is 19.4. The molecule has 138 valence electrons. The fraction of sp³-hybridized carbons (Fsp3) is 0.182. The number of anilines is 3. The second kappa shape index (κ2) is 7.91. The highest BCUT2D eigenvalue weighted by atomic mass is 16.5. The first kappa shape index (κ1) is 18.5. The van der Waals surface area contributed by atoms with Crippen LogP contribution in [0.25, 0.3) is 0 Å². The van der Waals surface area contributed by atoms with E-state index in [-0.39, 0.29) is 5.91 Å². The van der Waals surface area contributed by atoms with Crippen molar-refractivity contribution in [2.45, 2.75) is 20.8 Å². The number of rotatable bonds is 5. The van der Waals surface area contributed by atoms with Gasteiger partial charge in [-0.3, -0.25) is 9.78 Å². The number of amides is 1. The van der Waals surface area contributed by atoms with Gasteiger partial charge in [-0.15, -0.1) is 0 Å². The lowest BCUT2D eigenvalue weighted by atomic mass is 10.1. The van der Waals surface area contributed by atoms with Crippen molar-refractivity contribution in [3.05, 3.63) is 77.1 Å². The minimum absolute atomic E-state index is 0.240. The number of carbonyl (C=O) groups excluding carboxylic acids is 1. The highest BCUT2D eigenvalue weighted by Gasteiger charge is 2.11. The standard InChI is InChI=1S/C22H23N3O2/c1-14-5-7-19(16(3)9-14)24-18-11-17(12-23-13-18)22(26)25-20-10-15(2)6-8-21(20)27-4/h5-13,24H,1-4H3,(H,25,26). The van der Waals surface area contributed by atoms with Gasteiger partial charge in [0.15, 0.2) is 0 Å². The minimum atomic E-state index is -0.240. The molecular weight excluding hydrogens is 338 g/mol. The summed E-state index contributed by atoms with van der Waals surface area (Å²) in [5.74, 6) is 0.377. The van der Waals surface area contributed by atoms with Gasteiger partial charge in [-0.1, -0.05) is 23.8 Å². The van der Waals surface area contributed by atoms with E-state index in [1.54, 1.807) is 25.6 Å². The van der Waals surface area contributed by atoms with E-state index >= 15 is 0 Å². The van der Waals surface area contributed by atoms with E-state index < -0.39 is 0 Å². The molecule has 0 bridgehead atoms. The minimum Gasteiger partial charge on any atom is -0.495 e. The maximum Gasteiger partial charge on any atom is 0.257 e. The smallest absolute Gasteiger partial charge is 0.257 e. The number of nitrogens with zero attached hydrogens (tertiary/aromatic N) is 1. The van der Waals surface area contributed by atoms with Gasteiger partial charge in [0.2, 0.25) is 0 Å². The molecule has 3 rings (SSSR count). The summed E-state index contributed by atoms with van der Waals surface area (Å²) >= 11 is 0. The fourth-order valence-electron chi connectivity index (χ4n) is 2.86. The van der Waals surface area contributed by atoms with Crippen LogP contribution < -0.4 is 15.4 Å². The summed E-state index contributed by atoms with van der Waals surface area (Å²) in [7, 11) is 1.58. The van der Waals surface area contributed by atoms with Crippen LogP contribution in [0.4, 0.5) is 17.1 Å². The first-order valence-electron chi connectivity index (χ1n) is 8.71. The third-order valence-electron chi connectivity index (χ3n) is 4.26. The molecule has 27 heavy (non-hydrogen) atoms. The number of pyridine rings is 1. The SMILES string of the molecule is COc1ccc(C)cc1NC(=O)c1cncc(Nc2ccc(C)cc2C)c1. The summed E-state index contributed by atoms with van der Waals surface area (Å²) in [6.07, 6.45) is 3.24. The van der Waals surface area contributed by atoms with Gasteiger partial charge in [-0.2, -0.15) is 0 Å². The van der Waals surface area contributed by atoms with Crippen LogP contribution in [0.3, 0.4) is 0 Å². The summed E-state index contributed by atoms with van der Waals surface area (Å²) in [5, 5.41) is 6.22. The van der Waals surface area contributed by atoms with Crippen LogP contribution in [0.2, 0.25) is 0 Å². The molecule has 0 aliphatic heterocycles. The highest BCUT2D eigenvalue weighted by Crippen LogP contribution is 2.26. The van der Waals surface area contributed by atoms with Gasteiger partial charge >= 0.3 is 0 Å². The van der Waals surface area contributed by atoms with Crippen LogP contribution in [-0.4, -0.2) is 18.0 Å². The van der Waals surface area contributed by atoms with Crippen molar-refractivity contribution < 1.29 is 9.53 Å². The Balaban J connectivity index is 1.81. The van der Waals surface area contributed by atoms with Gasteiger partial charge in [-0.05, 0) is 56.2 Å². The number of aromatic nitrogens is 1. The maximum absolute atomic E-state index is 12.7.